The number of carbonyl (C=O) groups excluding carboxylic acids is 3. The third kappa shape index (κ3) is 23.4. The minimum atomic E-state index is -0.234. The van der Waals surface area contributed by atoms with Gasteiger partial charge in [0.2, 0.25) is 0 Å². The van der Waals surface area contributed by atoms with E-state index in [1.807, 2.05) is 18.2 Å². The fraction of sp³-hybridized carbons (Fsp3) is 0.727. The molecule has 2 unspecified atom stereocenters. The molecule has 3 saturated heterocycles. The van der Waals surface area contributed by atoms with Crippen molar-refractivity contribution in [2.75, 3.05) is 105 Å². The summed E-state index contributed by atoms with van der Waals surface area (Å²) in [5.74, 6) is 0.146. The summed E-state index contributed by atoms with van der Waals surface area (Å²) < 4.78 is 10.9. The largest absolute Gasteiger partial charge is 0.395 e. The van der Waals surface area contributed by atoms with Crippen molar-refractivity contribution < 1.29 is 29.0 Å². The Morgan fingerprint density at radius 2 is 1.31 bits per heavy atom. The number of hydrogen-bond donors (Lipinski definition) is 6. The maximum absolute atomic E-state index is 11.2. The van der Waals surface area contributed by atoms with E-state index >= 15 is 0 Å². The van der Waals surface area contributed by atoms with Crippen LogP contribution >= 0.6 is 0 Å². The Bertz CT molecular complexity index is 1180. The highest BCUT2D eigenvalue weighted by molar-refractivity contribution is 5.76. The Kier molecular flexibility index (Phi) is 28.4. The number of β-amino-alcohol motifs (C(OH)–C–C–N with tert-alkyl or cyclic N) is 1. The molecule has 0 aromatic heterocycles. The average Bonchev–Trinajstić information content (AvgIpc) is 3.88. The summed E-state index contributed by atoms with van der Waals surface area (Å²) in [6.45, 7) is 12.7. The zero-order valence-electron chi connectivity index (χ0n) is 29.7. The first kappa shape index (κ1) is 46.3. The number of urea groups is 3. The second-order valence-corrected chi connectivity index (χ2v) is 11.5. The van der Waals surface area contributed by atoms with Gasteiger partial charge in [0.1, 0.15) is 0 Å². The Labute approximate surface area is 301 Å². The lowest BCUT2D eigenvalue weighted by molar-refractivity contribution is 0.0860. The summed E-state index contributed by atoms with van der Waals surface area (Å²) in [5.41, 5.74) is 11.6. The quantitative estimate of drug-likeness (QED) is 0.0727. The lowest BCUT2D eigenvalue weighted by Gasteiger charge is -2.17. The molecule has 51 heavy (non-hydrogen) atoms. The van der Waals surface area contributed by atoms with E-state index in [4.69, 9.17) is 47.1 Å². The third-order valence-corrected chi connectivity index (χ3v) is 7.52. The van der Waals surface area contributed by atoms with Gasteiger partial charge < -0.3 is 56.7 Å². The Morgan fingerprint density at radius 1 is 0.804 bits per heavy atom. The van der Waals surface area contributed by atoms with Gasteiger partial charge in [-0.2, -0.15) is 21.0 Å². The van der Waals surface area contributed by atoms with E-state index in [0.29, 0.717) is 116 Å². The number of carbonyl (C=O) groups is 3. The van der Waals surface area contributed by atoms with Gasteiger partial charge in [-0.1, -0.05) is 6.58 Å². The van der Waals surface area contributed by atoms with Gasteiger partial charge in [0.25, 0.3) is 0 Å². The normalized spacial score (nSPS) is 15.4. The molecule has 0 aliphatic carbocycles. The zero-order valence-corrected chi connectivity index (χ0v) is 29.7. The van der Waals surface area contributed by atoms with Crippen LogP contribution in [0.4, 0.5) is 14.4 Å². The highest BCUT2D eigenvalue weighted by Crippen LogP contribution is 2.06. The summed E-state index contributed by atoms with van der Waals surface area (Å²) >= 11 is 0. The van der Waals surface area contributed by atoms with Crippen LogP contribution in [-0.4, -0.2) is 143 Å². The molecule has 0 radical (unpaired) electrons. The maximum Gasteiger partial charge on any atom is 0.317 e. The maximum atomic E-state index is 11.2. The van der Waals surface area contributed by atoms with E-state index in [2.05, 4.69) is 28.6 Å². The summed E-state index contributed by atoms with van der Waals surface area (Å²) in [4.78, 5) is 38.1. The minimum absolute atomic E-state index is 0.00658. The molecule has 0 aromatic carbocycles. The van der Waals surface area contributed by atoms with Crippen LogP contribution in [0.25, 0.3) is 0 Å². The van der Waals surface area contributed by atoms with Gasteiger partial charge in [0.15, 0.2) is 0 Å². The van der Waals surface area contributed by atoms with Crippen LogP contribution in [0.3, 0.4) is 0 Å². The SMILES string of the molecule is C=C(C#N)CCC#N.N#CCCC(C#N)COCCN1CCNC1=O.NCCCC(CN)COCCN1CCNC1=O.O=C1NCCN1CCO. The van der Waals surface area contributed by atoms with E-state index in [0.717, 1.165) is 32.5 Å². The van der Waals surface area contributed by atoms with E-state index in [1.54, 1.807) is 14.7 Å². The first-order valence-corrected chi connectivity index (χ1v) is 17.2. The molecule has 0 saturated carbocycles. The van der Waals surface area contributed by atoms with Crippen molar-refractivity contribution in [1.29, 1.82) is 21.0 Å². The number of nitrogens with zero attached hydrogens (tertiary/aromatic N) is 7. The zero-order chi connectivity index (χ0) is 38.1. The molecule has 2 atom stereocenters. The van der Waals surface area contributed by atoms with Crippen LogP contribution in [-0.2, 0) is 9.47 Å². The highest BCUT2D eigenvalue weighted by Gasteiger charge is 2.20. The number of amides is 6. The lowest BCUT2D eigenvalue weighted by Crippen LogP contribution is -2.32. The number of hydrogen-bond acceptors (Lipinski definition) is 12. The van der Waals surface area contributed by atoms with Crippen molar-refractivity contribution in [2.24, 2.45) is 23.3 Å². The van der Waals surface area contributed by atoms with Gasteiger partial charge >= 0.3 is 18.1 Å². The number of nitrogens with two attached hydrogens (primary N) is 2. The fourth-order valence-corrected chi connectivity index (χ4v) is 4.48. The number of nitrogens with one attached hydrogen (secondary N) is 3. The summed E-state index contributed by atoms with van der Waals surface area (Å²) in [6, 6.07) is 7.77. The highest BCUT2D eigenvalue weighted by atomic mass is 16.5. The molecular formula is C33H56N12O6. The summed E-state index contributed by atoms with van der Waals surface area (Å²) in [6.07, 6.45) is 3.81. The molecule has 284 valence electrons. The van der Waals surface area contributed by atoms with Gasteiger partial charge in [-0.05, 0) is 44.7 Å². The minimum Gasteiger partial charge on any atom is -0.395 e. The molecule has 0 spiro atoms. The second kappa shape index (κ2) is 31.3. The Balaban J connectivity index is 0.000000689. The van der Waals surface area contributed by atoms with Crippen LogP contribution in [0, 0.1) is 57.2 Å². The van der Waals surface area contributed by atoms with Crippen LogP contribution in [0.15, 0.2) is 12.2 Å². The molecule has 6 amide bonds. The summed E-state index contributed by atoms with van der Waals surface area (Å²) in [7, 11) is 0. The molecular weight excluding hydrogens is 660 g/mol. The summed E-state index contributed by atoms with van der Waals surface area (Å²) in [5, 5.41) is 49.8. The van der Waals surface area contributed by atoms with E-state index in [-0.39, 0.29) is 30.6 Å². The van der Waals surface area contributed by atoms with Crippen molar-refractivity contribution in [3.8, 4) is 24.3 Å². The Morgan fingerprint density at radius 3 is 1.71 bits per heavy atom. The third-order valence-electron chi connectivity index (χ3n) is 7.52. The van der Waals surface area contributed by atoms with E-state index in [9.17, 15) is 14.4 Å². The van der Waals surface area contributed by atoms with E-state index in [1.165, 1.54) is 0 Å². The molecule has 3 heterocycles. The van der Waals surface area contributed by atoms with Gasteiger partial charge in [-0.3, -0.25) is 0 Å². The molecule has 3 fully saturated rings. The molecule has 18 nitrogen and oxygen atoms in total. The van der Waals surface area contributed by atoms with Gasteiger partial charge in [-0.25, -0.2) is 14.4 Å². The fourth-order valence-electron chi connectivity index (χ4n) is 4.48. The van der Waals surface area contributed by atoms with E-state index < -0.39 is 0 Å². The molecule has 0 bridgehead atoms. The standard InChI is InChI=1S/C11H24N4O2.C11H16N4O2.C6H6N2.C5H10N2O2/c2*12-3-1-2-10(8-13)9-17-7-6-15-5-4-14-11(15)16;1-6(5-8)3-2-4-7;8-4-3-7-2-1-6-5(7)9/h10H,1-9,12-13H2,(H,14,16);10H,1-2,4-7,9H2,(H,14,16);1-3H2;8H,1-4H2,(H,6,9). The predicted octanol–water partition coefficient (Wildman–Crippen LogP) is 0.188. The monoisotopic (exact) mass is 716 g/mol. The molecule has 8 N–H and O–H groups in total. The first-order chi connectivity index (χ1) is 24.7. The lowest BCUT2D eigenvalue weighted by atomic mass is 10.1. The van der Waals surface area contributed by atoms with Crippen molar-refractivity contribution in [1.82, 2.24) is 30.7 Å². The van der Waals surface area contributed by atoms with Crippen LogP contribution in [0.1, 0.15) is 38.5 Å². The second-order valence-electron chi connectivity index (χ2n) is 11.5. The predicted molar refractivity (Wildman–Crippen MR) is 188 cm³/mol. The Hall–Kier alpha value is -4.69. The van der Waals surface area contributed by atoms with Crippen LogP contribution in [0.5, 0.6) is 0 Å². The molecule has 3 aliphatic heterocycles. The van der Waals surface area contributed by atoms with Crippen molar-refractivity contribution in [3.05, 3.63) is 12.2 Å². The number of aliphatic hydroxyl groups excluding tert-OH is 1. The van der Waals surface area contributed by atoms with Crippen molar-refractivity contribution >= 4 is 18.1 Å². The first-order valence-electron chi connectivity index (χ1n) is 17.2. The average molecular weight is 717 g/mol. The number of ether oxygens (including phenoxy) is 2. The van der Waals surface area contributed by atoms with Crippen molar-refractivity contribution in [3.63, 3.8) is 0 Å². The van der Waals surface area contributed by atoms with Gasteiger partial charge in [0.05, 0.1) is 63.2 Å². The number of aliphatic hydroxyl groups is 1. The molecule has 18 heteroatoms. The van der Waals surface area contributed by atoms with Gasteiger partial charge in [-0.15, -0.1) is 0 Å². The molecule has 0 aromatic rings. The number of allylic oxidation sites excluding steroid dienone is 1. The van der Waals surface area contributed by atoms with Crippen molar-refractivity contribution in [2.45, 2.75) is 38.5 Å². The van der Waals surface area contributed by atoms with Crippen LogP contribution < -0.4 is 27.4 Å². The molecule has 3 aliphatic rings. The van der Waals surface area contributed by atoms with Gasteiger partial charge in [0, 0.05) is 77.3 Å². The smallest absolute Gasteiger partial charge is 0.317 e. The van der Waals surface area contributed by atoms with Crippen LogP contribution in [0.2, 0.25) is 0 Å². The number of rotatable bonds is 20. The molecule has 3 rings (SSSR count). The topological polar surface area (TPSA) is 283 Å². The number of nitriles is 4.